The third-order valence-corrected chi connectivity index (χ3v) is 3.57. The van der Waals surface area contributed by atoms with E-state index in [0.29, 0.717) is 5.57 Å². The molecule has 0 heterocycles. The molecule has 0 aliphatic carbocycles. The Hall–Kier alpha value is -1.82. The zero-order valence-corrected chi connectivity index (χ0v) is 11.1. The number of sulfone groups is 1. The van der Waals surface area contributed by atoms with Crippen molar-refractivity contribution in [3.8, 4) is 0 Å². The molecule has 1 aromatic carbocycles. The molecule has 0 unspecified atom stereocenters. The number of likely N-dealkylation sites (N-methyl/N-ethyl adjacent to an activating group) is 1. The van der Waals surface area contributed by atoms with Crippen LogP contribution in [-0.2, 0) is 9.84 Å². The summed E-state index contributed by atoms with van der Waals surface area (Å²) in [5.41, 5.74) is 1.33. The second kappa shape index (κ2) is 5.22. The maximum absolute atomic E-state index is 11.3. The lowest BCUT2D eigenvalue weighted by Crippen LogP contribution is -2.26. The lowest BCUT2D eigenvalue weighted by Gasteiger charge is -2.15. The Morgan fingerprint density at radius 2 is 1.83 bits per heavy atom. The molecule has 1 N–H and O–H groups in total. The van der Waals surface area contributed by atoms with Gasteiger partial charge in [-0.1, -0.05) is 18.7 Å². The van der Waals surface area contributed by atoms with Crippen LogP contribution < -0.4 is 0 Å². The number of benzene rings is 1. The fourth-order valence-corrected chi connectivity index (χ4v) is 2.01. The van der Waals surface area contributed by atoms with Crippen molar-refractivity contribution < 1.29 is 18.3 Å². The van der Waals surface area contributed by atoms with Gasteiger partial charge in [0.15, 0.2) is 9.84 Å². The molecule has 1 amide bonds. The summed E-state index contributed by atoms with van der Waals surface area (Å²) in [6.07, 6.45) is 0.0959. The highest BCUT2D eigenvalue weighted by Crippen LogP contribution is 2.16. The Labute approximate surface area is 106 Å². The van der Waals surface area contributed by atoms with Gasteiger partial charge in [-0.2, -0.15) is 0 Å². The summed E-state index contributed by atoms with van der Waals surface area (Å²) in [4.78, 5) is 12.0. The molecule has 0 bridgehead atoms. The van der Waals surface area contributed by atoms with Crippen molar-refractivity contribution in [2.24, 2.45) is 0 Å². The van der Waals surface area contributed by atoms with Crippen molar-refractivity contribution in [1.82, 2.24) is 4.90 Å². The largest absolute Gasteiger partial charge is 0.465 e. The van der Waals surface area contributed by atoms with Crippen molar-refractivity contribution in [2.75, 3.05) is 19.8 Å². The minimum atomic E-state index is -3.22. The van der Waals surface area contributed by atoms with Gasteiger partial charge in [0.2, 0.25) is 0 Å². The van der Waals surface area contributed by atoms with Crippen LogP contribution in [0, 0.1) is 0 Å². The fourth-order valence-electron chi connectivity index (χ4n) is 1.38. The van der Waals surface area contributed by atoms with Gasteiger partial charge in [-0.05, 0) is 23.3 Å². The first-order valence-electron chi connectivity index (χ1n) is 5.14. The molecule has 0 aromatic heterocycles. The van der Waals surface area contributed by atoms with Crippen molar-refractivity contribution in [1.29, 1.82) is 0 Å². The predicted octanol–water partition coefficient (Wildman–Crippen LogP) is 1.71. The average molecular weight is 269 g/mol. The molecule has 0 radical (unpaired) electrons. The van der Waals surface area contributed by atoms with Gasteiger partial charge < -0.3 is 10.0 Å². The molecular formula is C12H15NO4S. The summed E-state index contributed by atoms with van der Waals surface area (Å²) in [5, 5.41) is 8.73. The molecule has 18 heavy (non-hydrogen) atoms. The van der Waals surface area contributed by atoms with Gasteiger partial charge in [0.1, 0.15) is 0 Å². The summed E-state index contributed by atoms with van der Waals surface area (Å²) in [5.74, 6) is 0. The summed E-state index contributed by atoms with van der Waals surface area (Å²) < 4.78 is 22.5. The van der Waals surface area contributed by atoms with E-state index in [9.17, 15) is 13.2 Å². The summed E-state index contributed by atoms with van der Waals surface area (Å²) in [6.45, 7) is 3.96. The third-order valence-electron chi connectivity index (χ3n) is 2.45. The minimum absolute atomic E-state index is 0.174. The SMILES string of the molecule is C=C(CN(C)C(=O)O)c1ccc(S(C)(=O)=O)cc1. The Kier molecular flexibility index (Phi) is 4.13. The molecule has 0 aliphatic heterocycles. The molecule has 0 spiro atoms. The zero-order chi connectivity index (χ0) is 13.9. The van der Waals surface area contributed by atoms with Crippen molar-refractivity contribution in [2.45, 2.75) is 4.90 Å². The smallest absolute Gasteiger partial charge is 0.407 e. The number of carbonyl (C=O) groups is 1. The van der Waals surface area contributed by atoms with Gasteiger partial charge in [-0.15, -0.1) is 0 Å². The fraction of sp³-hybridized carbons (Fsp3) is 0.250. The zero-order valence-electron chi connectivity index (χ0n) is 10.3. The highest BCUT2D eigenvalue weighted by atomic mass is 32.2. The number of carboxylic acid groups (broad SMARTS) is 1. The Morgan fingerprint density at radius 1 is 1.33 bits per heavy atom. The van der Waals surface area contributed by atoms with E-state index < -0.39 is 15.9 Å². The van der Waals surface area contributed by atoms with Gasteiger partial charge >= 0.3 is 6.09 Å². The van der Waals surface area contributed by atoms with Crippen LogP contribution in [0.25, 0.3) is 5.57 Å². The van der Waals surface area contributed by atoms with Gasteiger partial charge in [-0.3, -0.25) is 0 Å². The first-order valence-corrected chi connectivity index (χ1v) is 7.03. The third kappa shape index (κ3) is 3.59. The highest BCUT2D eigenvalue weighted by Gasteiger charge is 2.10. The molecule has 0 fully saturated rings. The van der Waals surface area contributed by atoms with Crippen LogP contribution in [0.15, 0.2) is 35.7 Å². The second-order valence-corrected chi connectivity index (χ2v) is 6.05. The molecule has 0 saturated carbocycles. The number of hydrogen-bond acceptors (Lipinski definition) is 3. The van der Waals surface area contributed by atoms with Crippen molar-refractivity contribution in [3.63, 3.8) is 0 Å². The van der Waals surface area contributed by atoms with Crippen LogP contribution in [0.1, 0.15) is 5.56 Å². The second-order valence-electron chi connectivity index (χ2n) is 4.04. The quantitative estimate of drug-likeness (QED) is 0.903. The summed E-state index contributed by atoms with van der Waals surface area (Å²) in [6, 6.07) is 6.20. The Morgan fingerprint density at radius 3 is 2.22 bits per heavy atom. The van der Waals surface area contributed by atoms with Crippen LogP contribution in [0.2, 0.25) is 0 Å². The average Bonchev–Trinajstić information content (AvgIpc) is 2.27. The van der Waals surface area contributed by atoms with Crippen LogP contribution in [0.5, 0.6) is 0 Å². The van der Waals surface area contributed by atoms with E-state index in [1.807, 2.05) is 0 Å². The van der Waals surface area contributed by atoms with Crippen LogP contribution in [-0.4, -0.2) is 44.4 Å². The summed E-state index contributed by atoms with van der Waals surface area (Å²) in [7, 11) is -1.77. The van der Waals surface area contributed by atoms with E-state index in [1.165, 1.54) is 19.2 Å². The van der Waals surface area contributed by atoms with E-state index in [0.717, 1.165) is 16.7 Å². The molecule has 5 nitrogen and oxygen atoms in total. The van der Waals surface area contributed by atoms with Gasteiger partial charge in [0, 0.05) is 19.8 Å². The molecule has 98 valence electrons. The molecule has 1 aromatic rings. The normalized spacial score (nSPS) is 11.0. The van der Waals surface area contributed by atoms with E-state index in [1.54, 1.807) is 12.1 Å². The molecule has 0 atom stereocenters. The lowest BCUT2D eigenvalue weighted by molar-refractivity contribution is 0.161. The maximum Gasteiger partial charge on any atom is 0.407 e. The predicted molar refractivity (Wildman–Crippen MR) is 69.2 cm³/mol. The number of hydrogen-bond donors (Lipinski definition) is 1. The number of rotatable bonds is 4. The minimum Gasteiger partial charge on any atom is -0.465 e. The number of amides is 1. The molecule has 0 aliphatic rings. The van der Waals surface area contributed by atoms with Crippen molar-refractivity contribution in [3.05, 3.63) is 36.4 Å². The van der Waals surface area contributed by atoms with E-state index in [2.05, 4.69) is 6.58 Å². The molecule has 1 rings (SSSR count). The van der Waals surface area contributed by atoms with E-state index in [4.69, 9.17) is 5.11 Å². The molecular weight excluding hydrogens is 254 g/mol. The number of nitrogens with zero attached hydrogens (tertiary/aromatic N) is 1. The van der Waals surface area contributed by atoms with Crippen molar-refractivity contribution >= 4 is 21.5 Å². The first kappa shape index (κ1) is 14.2. The Balaban J connectivity index is 2.86. The maximum atomic E-state index is 11.3. The lowest BCUT2D eigenvalue weighted by atomic mass is 10.1. The highest BCUT2D eigenvalue weighted by molar-refractivity contribution is 7.90. The molecule has 6 heteroatoms. The van der Waals surface area contributed by atoms with E-state index in [-0.39, 0.29) is 11.4 Å². The molecule has 0 saturated heterocycles. The monoisotopic (exact) mass is 269 g/mol. The van der Waals surface area contributed by atoms with Gasteiger partial charge in [-0.25, -0.2) is 13.2 Å². The van der Waals surface area contributed by atoms with Crippen LogP contribution in [0.3, 0.4) is 0 Å². The first-order chi connectivity index (χ1) is 8.21. The summed E-state index contributed by atoms with van der Waals surface area (Å²) >= 11 is 0. The van der Waals surface area contributed by atoms with Gasteiger partial charge in [0.25, 0.3) is 0 Å². The van der Waals surface area contributed by atoms with Gasteiger partial charge in [0.05, 0.1) is 4.90 Å². The standard InChI is InChI=1S/C12H15NO4S/c1-9(8-13(2)12(14)15)10-4-6-11(7-5-10)18(3,16)17/h4-7H,1,8H2,2-3H3,(H,14,15). The van der Waals surface area contributed by atoms with Crippen LogP contribution in [0.4, 0.5) is 4.79 Å². The Bertz CT molecular complexity index is 560. The topological polar surface area (TPSA) is 74.7 Å². The van der Waals surface area contributed by atoms with E-state index >= 15 is 0 Å². The van der Waals surface area contributed by atoms with Crippen LogP contribution >= 0.6 is 0 Å².